The number of piperidine rings is 1. The minimum absolute atomic E-state index is 0.0162. The van der Waals surface area contributed by atoms with E-state index >= 15 is 0 Å². The predicted molar refractivity (Wildman–Crippen MR) is 94.2 cm³/mol. The highest BCUT2D eigenvalue weighted by atomic mass is 35.5. The molecule has 0 bridgehead atoms. The van der Waals surface area contributed by atoms with Crippen molar-refractivity contribution in [1.29, 1.82) is 0 Å². The van der Waals surface area contributed by atoms with E-state index in [2.05, 4.69) is 15.2 Å². The first-order valence-corrected chi connectivity index (χ1v) is 8.55. The summed E-state index contributed by atoms with van der Waals surface area (Å²) in [6.07, 6.45) is 3.13. The van der Waals surface area contributed by atoms with Crippen molar-refractivity contribution in [2.24, 2.45) is 0 Å². The quantitative estimate of drug-likeness (QED) is 0.877. The van der Waals surface area contributed by atoms with Crippen LogP contribution in [0.3, 0.4) is 0 Å². The van der Waals surface area contributed by atoms with Crippen LogP contribution in [0.5, 0.6) is 0 Å². The molecule has 0 radical (unpaired) electrons. The van der Waals surface area contributed by atoms with Crippen LogP contribution in [0.1, 0.15) is 28.8 Å². The highest BCUT2D eigenvalue weighted by molar-refractivity contribution is 6.30. The Morgan fingerprint density at radius 3 is 2.96 bits per heavy atom. The summed E-state index contributed by atoms with van der Waals surface area (Å²) in [5, 5.41) is 2.94. The molecule has 0 saturated carbocycles. The molecular weight excluding hydrogens is 345 g/mol. The number of carbonyl (C=O) groups excluding carboxylic acids is 1. The molecule has 1 aromatic heterocycles. The Kier molecular flexibility index (Phi) is 5.50. The van der Waals surface area contributed by atoms with Crippen LogP contribution in [0.4, 0.5) is 4.39 Å². The van der Waals surface area contributed by atoms with Crippen LogP contribution >= 0.6 is 11.6 Å². The summed E-state index contributed by atoms with van der Waals surface area (Å²) >= 11 is 5.76. The topological polar surface area (TPSA) is 65.2 Å². The van der Waals surface area contributed by atoms with Crippen molar-refractivity contribution in [3.8, 4) is 0 Å². The Labute approximate surface area is 149 Å². The molecule has 1 aliphatic rings. The second kappa shape index (κ2) is 7.80. The van der Waals surface area contributed by atoms with Crippen LogP contribution in [-0.4, -0.2) is 34.9 Å². The first-order valence-electron chi connectivity index (χ1n) is 8.18. The number of hydrogen-bond acceptors (Lipinski definition) is 3. The van der Waals surface area contributed by atoms with Crippen LogP contribution in [0.2, 0.25) is 5.02 Å². The van der Waals surface area contributed by atoms with Gasteiger partial charge in [-0.2, -0.15) is 0 Å². The number of amides is 1. The Morgan fingerprint density at radius 2 is 2.20 bits per heavy atom. The molecule has 1 aliphatic heterocycles. The number of halogens is 2. The number of rotatable bonds is 4. The maximum Gasteiger partial charge on any atom is 0.266 e. The zero-order chi connectivity index (χ0) is 17.8. The SMILES string of the molecule is O=C(N[C@H]1CCCN(Cc2ccccc2F)C1)c1c[nH]c(=O)c(Cl)c1. The maximum atomic E-state index is 13.8. The van der Waals surface area contributed by atoms with Gasteiger partial charge in [-0.05, 0) is 31.5 Å². The Balaban J connectivity index is 1.61. The fourth-order valence-corrected chi connectivity index (χ4v) is 3.21. The average Bonchev–Trinajstić information content (AvgIpc) is 2.60. The van der Waals surface area contributed by atoms with Crippen molar-refractivity contribution < 1.29 is 9.18 Å². The van der Waals surface area contributed by atoms with E-state index in [1.54, 1.807) is 12.1 Å². The van der Waals surface area contributed by atoms with Crippen LogP contribution in [0, 0.1) is 5.82 Å². The number of aromatic nitrogens is 1. The molecule has 1 amide bonds. The molecule has 1 saturated heterocycles. The van der Waals surface area contributed by atoms with Gasteiger partial charge < -0.3 is 10.3 Å². The first kappa shape index (κ1) is 17.6. The average molecular weight is 364 g/mol. The van der Waals surface area contributed by atoms with Crippen molar-refractivity contribution >= 4 is 17.5 Å². The number of benzene rings is 1. The Morgan fingerprint density at radius 1 is 1.40 bits per heavy atom. The molecule has 7 heteroatoms. The van der Waals surface area contributed by atoms with Gasteiger partial charge in [0.05, 0.1) is 5.56 Å². The number of nitrogens with one attached hydrogen (secondary N) is 2. The van der Waals surface area contributed by atoms with Gasteiger partial charge >= 0.3 is 0 Å². The number of nitrogens with zero attached hydrogens (tertiary/aromatic N) is 1. The van der Waals surface area contributed by atoms with Crippen LogP contribution in [-0.2, 0) is 6.54 Å². The monoisotopic (exact) mass is 363 g/mol. The van der Waals surface area contributed by atoms with E-state index in [9.17, 15) is 14.0 Å². The van der Waals surface area contributed by atoms with Crippen molar-refractivity contribution in [1.82, 2.24) is 15.2 Å². The Hall–Kier alpha value is -2.18. The molecule has 0 unspecified atom stereocenters. The predicted octanol–water partition coefficient (Wildman–Crippen LogP) is 2.56. The number of likely N-dealkylation sites (tertiary alicyclic amines) is 1. The van der Waals surface area contributed by atoms with Gasteiger partial charge in [0.25, 0.3) is 11.5 Å². The third-order valence-electron chi connectivity index (χ3n) is 4.31. The zero-order valence-electron chi connectivity index (χ0n) is 13.6. The highest BCUT2D eigenvalue weighted by Gasteiger charge is 2.22. The molecule has 2 N–H and O–H groups in total. The number of carbonyl (C=O) groups is 1. The fraction of sp³-hybridized carbons (Fsp3) is 0.333. The smallest absolute Gasteiger partial charge is 0.266 e. The van der Waals surface area contributed by atoms with E-state index in [1.165, 1.54) is 18.3 Å². The van der Waals surface area contributed by atoms with Gasteiger partial charge in [-0.1, -0.05) is 29.8 Å². The summed E-state index contributed by atoms with van der Waals surface area (Å²) in [4.78, 5) is 28.2. The second-order valence-corrected chi connectivity index (χ2v) is 6.61. The van der Waals surface area contributed by atoms with Gasteiger partial charge in [-0.25, -0.2) is 4.39 Å². The summed E-state index contributed by atoms with van der Waals surface area (Å²) < 4.78 is 13.8. The number of H-pyrrole nitrogens is 1. The van der Waals surface area contributed by atoms with Gasteiger partial charge in [0.2, 0.25) is 0 Å². The highest BCUT2D eigenvalue weighted by Crippen LogP contribution is 2.16. The van der Waals surface area contributed by atoms with Gasteiger partial charge in [-0.15, -0.1) is 0 Å². The summed E-state index contributed by atoms with van der Waals surface area (Å²) in [7, 11) is 0. The largest absolute Gasteiger partial charge is 0.348 e. The molecule has 1 fully saturated rings. The molecule has 1 atom stereocenters. The molecule has 1 aromatic carbocycles. The lowest BCUT2D eigenvalue weighted by Crippen LogP contribution is -2.47. The van der Waals surface area contributed by atoms with Crippen molar-refractivity contribution in [3.63, 3.8) is 0 Å². The molecule has 3 rings (SSSR count). The maximum absolute atomic E-state index is 13.8. The molecule has 0 spiro atoms. The third kappa shape index (κ3) is 4.46. The van der Waals surface area contributed by atoms with Crippen LogP contribution in [0.25, 0.3) is 0 Å². The summed E-state index contributed by atoms with van der Waals surface area (Å²) in [5.74, 6) is -0.493. The minimum atomic E-state index is -0.424. The van der Waals surface area contributed by atoms with Gasteiger partial charge in [0.15, 0.2) is 0 Å². The lowest BCUT2D eigenvalue weighted by molar-refractivity contribution is 0.0900. The first-order chi connectivity index (χ1) is 12.0. The van der Waals surface area contributed by atoms with E-state index in [4.69, 9.17) is 11.6 Å². The fourth-order valence-electron chi connectivity index (χ4n) is 3.04. The summed E-state index contributed by atoms with van der Waals surface area (Å²) in [6, 6.07) is 8.06. The van der Waals surface area contributed by atoms with Gasteiger partial charge in [0.1, 0.15) is 10.8 Å². The molecule has 2 aromatic rings. The van der Waals surface area contributed by atoms with E-state index in [1.807, 2.05) is 6.07 Å². The van der Waals surface area contributed by atoms with Crippen LogP contribution in [0.15, 0.2) is 41.3 Å². The van der Waals surface area contributed by atoms with E-state index < -0.39 is 5.56 Å². The summed E-state index contributed by atoms with van der Waals surface area (Å²) in [6.45, 7) is 2.03. The normalized spacial score (nSPS) is 18.1. The number of pyridine rings is 1. The second-order valence-electron chi connectivity index (χ2n) is 6.20. The molecule has 0 aliphatic carbocycles. The lowest BCUT2D eigenvalue weighted by atomic mass is 10.0. The molecular formula is C18H19ClFN3O2. The Bertz CT molecular complexity index is 824. The molecule has 132 valence electrons. The van der Waals surface area contributed by atoms with Crippen molar-refractivity contribution in [2.75, 3.05) is 13.1 Å². The number of hydrogen-bond donors (Lipinski definition) is 2. The van der Waals surface area contributed by atoms with E-state index in [0.717, 1.165) is 19.4 Å². The minimum Gasteiger partial charge on any atom is -0.348 e. The van der Waals surface area contributed by atoms with Gasteiger partial charge in [-0.3, -0.25) is 14.5 Å². The lowest BCUT2D eigenvalue weighted by Gasteiger charge is -2.33. The van der Waals surface area contributed by atoms with Crippen LogP contribution < -0.4 is 10.9 Å². The van der Waals surface area contributed by atoms with E-state index in [0.29, 0.717) is 24.2 Å². The van der Waals surface area contributed by atoms with Gasteiger partial charge in [0, 0.05) is 30.9 Å². The van der Waals surface area contributed by atoms with Crippen molar-refractivity contribution in [3.05, 3.63) is 68.8 Å². The molecule has 25 heavy (non-hydrogen) atoms. The molecule has 2 heterocycles. The zero-order valence-corrected chi connectivity index (χ0v) is 14.4. The standard InChI is InChI=1S/C18H19ClFN3O2/c19-15-8-13(9-21-18(15)25)17(24)22-14-5-3-7-23(11-14)10-12-4-1-2-6-16(12)20/h1-2,4,6,8-9,14H,3,5,7,10-11H2,(H,21,25)(H,22,24)/t14-/m0/s1. The molecule has 5 nitrogen and oxygen atoms in total. The van der Waals surface area contributed by atoms with E-state index in [-0.39, 0.29) is 22.8 Å². The van der Waals surface area contributed by atoms with Crippen molar-refractivity contribution in [2.45, 2.75) is 25.4 Å². The number of aromatic amines is 1. The summed E-state index contributed by atoms with van der Waals surface area (Å²) in [5.41, 5.74) is 0.546. The third-order valence-corrected chi connectivity index (χ3v) is 4.59.